The van der Waals surface area contributed by atoms with E-state index in [9.17, 15) is 9.18 Å². The highest BCUT2D eigenvalue weighted by Gasteiger charge is 2.49. The van der Waals surface area contributed by atoms with Crippen LogP contribution in [-0.4, -0.2) is 31.2 Å². The first-order valence-electron chi connectivity index (χ1n) is 12.5. The van der Waals surface area contributed by atoms with E-state index in [2.05, 4.69) is 53.1 Å². The smallest absolute Gasteiger partial charge is 0.263 e. The monoisotopic (exact) mass is 506 g/mol. The van der Waals surface area contributed by atoms with E-state index in [-0.39, 0.29) is 18.3 Å². The molecule has 7 heteroatoms. The maximum atomic E-state index is 14.0. The molecular weight excluding hydrogens is 471 g/mol. The van der Waals surface area contributed by atoms with Crippen molar-refractivity contribution >= 4 is 30.8 Å². The van der Waals surface area contributed by atoms with Crippen molar-refractivity contribution in [2.24, 2.45) is 0 Å². The zero-order chi connectivity index (χ0) is 26.4. The Morgan fingerprint density at radius 3 is 2.14 bits per heavy atom. The third-order valence-corrected chi connectivity index (χ3v) is 13.5. The molecule has 4 rings (SSSR count). The van der Waals surface area contributed by atoms with Gasteiger partial charge in [0.25, 0.3) is 14.2 Å². The molecule has 1 aromatic heterocycles. The number of pyridine rings is 1. The number of carbonyl (C=O) groups is 1. The van der Waals surface area contributed by atoms with Gasteiger partial charge in [0.15, 0.2) is 0 Å². The van der Waals surface area contributed by atoms with Crippen molar-refractivity contribution in [3.05, 3.63) is 71.7 Å². The Hall–Kier alpha value is -3.19. The second-order valence-electron chi connectivity index (χ2n) is 10.4. The van der Waals surface area contributed by atoms with E-state index in [1.807, 2.05) is 12.1 Å². The fourth-order valence-corrected chi connectivity index (χ4v) is 11.2. The summed E-state index contributed by atoms with van der Waals surface area (Å²) in [4.78, 5) is 20.4. The average Bonchev–Trinajstić information content (AvgIpc) is 3.07. The SMILES string of the molecule is C=C1c2c(c(O[Si](C(C)C)(C(C)C)C(C)C)c3ncccc3c2OC)C(=O)N1Cc1ccc(F)cc1. The largest absolute Gasteiger partial charge is 0.541 e. The Labute approximate surface area is 214 Å². The minimum Gasteiger partial charge on any atom is -0.541 e. The van der Waals surface area contributed by atoms with Crippen LogP contribution in [0.1, 0.15) is 63.0 Å². The van der Waals surface area contributed by atoms with Crippen molar-refractivity contribution in [1.82, 2.24) is 9.88 Å². The van der Waals surface area contributed by atoms with Crippen LogP contribution < -0.4 is 9.16 Å². The minimum atomic E-state index is -2.43. The number of hydrogen-bond acceptors (Lipinski definition) is 4. The van der Waals surface area contributed by atoms with Gasteiger partial charge in [0, 0.05) is 17.3 Å². The number of nitrogens with zero attached hydrogens (tertiary/aromatic N) is 2. The van der Waals surface area contributed by atoms with Crippen molar-refractivity contribution < 1.29 is 18.3 Å². The van der Waals surface area contributed by atoms with E-state index < -0.39 is 8.32 Å². The standard InChI is InChI=1S/C29H35FN2O3Si/c1-17(2)36(18(3)4,19(5)6)35-28-25-24(27(34-8)23-10-9-15-31-26(23)28)20(7)32(29(25)33)16-21-11-13-22(30)14-12-21/h9-15,17-19H,7,16H2,1-6,8H3. The predicted octanol–water partition coefficient (Wildman–Crippen LogP) is 7.56. The first-order valence-corrected chi connectivity index (χ1v) is 14.6. The van der Waals surface area contributed by atoms with E-state index in [1.165, 1.54) is 12.1 Å². The lowest BCUT2D eigenvalue weighted by Crippen LogP contribution is -2.51. The number of methoxy groups -OCH3 is 1. The molecule has 0 bridgehead atoms. The second kappa shape index (κ2) is 9.69. The Balaban J connectivity index is 1.97. The molecule has 190 valence electrons. The van der Waals surface area contributed by atoms with Crippen molar-refractivity contribution in [2.45, 2.75) is 64.7 Å². The summed E-state index contributed by atoms with van der Waals surface area (Å²) in [5, 5.41) is 0.783. The van der Waals surface area contributed by atoms with Gasteiger partial charge < -0.3 is 14.1 Å². The van der Waals surface area contributed by atoms with Crippen LogP contribution in [0.5, 0.6) is 11.5 Å². The molecule has 0 N–H and O–H groups in total. The van der Waals surface area contributed by atoms with Gasteiger partial charge in [-0.1, -0.05) is 60.3 Å². The summed E-state index contributed by atoms with van der Waals surface area (Å²) in [5.41, 5.74) is 3.98. The molecule has 2 aromatic carbocycles. The predicted molar refractivity (Wildman–Crippen MR) is 145 cm³/mol. The average molecular weight is 507 g/mol. The second-order valence-corrected chi connectivity index (χ2v) is 15.8. The number of halogens is 1. The molecule has 0 unspecified atom stereocenters. The lowest BCUT2D eigenvalue weighted by Gasteiger charge is -2.42. The molecular formula is C29H35FN2O3Si. The van der Waals surface area contributed by atoms with Gasteiger partial charge in [0.1, 0.15) is 22.8 Å². The summed E-state index contributed by atoms with van der Waals surface area (Å²) in [6.45, 7) is 17.8. The van der Waals surface area contributed by atoms with Gasteiger partial charge in [-0.3, -0.25) is 9.78 Å². The first-order chi connectivity index (χ1) is 17.0. The van der Waals surface area contributed by atoms with Crippen LogP contribution in [-0.2, 0) is 6.54 Å². The Bertz CT molecular complexity index is 1300. The number of benzene rings is 2. The number of aromatic nitrogens is 1. The van der Waals surface area contributed by atoms with Gasteiger partial charge in [-0.2, -0.15) is 0 Å². The Kier molecular flexibility index (Phi) is 6.97. The molecule has 0 saturated heterocycles. The van der Waals surface area contributed by atoms with Gasteiger partial charge in [-0.15, -0.1) is 0 Å². The van der Waals surface area contributed by atoms with Crippen LogP contribution in [0.3, 0.4) is 0 Å². The Morgan fingerprint density at radius 2 is 1.58 bits per heavy atom. The molecule has 5 nitrogen and oxygen atoms in total. The fraction of sp³-hybridized carbons (Fsp3) is 0.379. The summed E-state index contributed by atoms with van der Waals surface area (Å²) >= 11 is 0. The summed E-state index contributed by atoms with van der Waals surface area (Å²) < 4.78 is 26.5. The van der Waals surface area contributed by atoms with Crippen molar-refractivity contribution in [2.75, 3.05) is 7.11 Å². The van der Waals surface area contributed by atoms with Crippen LogP contribution >= 0.6 is 0 Å². The van der Waals surface area contributed by atoms with Crippen LogP contribution in [0, 0.1) is 5.82 Å². The zero-order valence-corrected chi connectivity index (χ0v) is 23.2. The normalized spacial score (nSPS) is 13.9. The number of hydrogen-bond donors (Lipinski definition) is 0. The molecule has 0 saturated carbocycles. The highest BCUT2D eigenvalue weighted by atomic mass is 28.4. The summed E-state index contributed by atoms with van der Waals surface area (Å²) in [5.74, 6) is 0.559. The summed E-state index contributed by atoms with van der Waals surface area (Å²) in [6, 6.07) is 9.95. The zero-order valence-electron chi connectivity index (χ0n) is 22.2. The molecule has 0 fully saturated rings. The number of carbonyl (C=O) groups excluding carboxylic acids is 1. The lowest BCUT2D eigenvalue weighted by atomic mass is 10.0. The van der Waals surface area contributed by atoms with Crippen LogP contribution in [0.2, 0.25) is 16.6 Å². The van der Waals surface area contributed by atoms with E-state index in [1.54, 1.807) is 30.3 Å². The molecule has 1 amide bonds. The topological polar surface area (TPSA) is 51.7 Å². The fourth-order valence-electron chi connectivity index (χ4n) is 5.90. The molecule has 1 aliphatic rings. The maximum Gasteiger partial charge on any atom is 0.263 e. The molecule has 0 aliphatic carbocycles. The van der Waals surface area contributed by atoms with E-state index in [0.29, 0.717) is 50.5 Å². The number of ether oxygens (including phenoxy) is 1. The number of fused-ring (bicyclic) bond motifs is 2. The van der Waals surface area contributed by atoms with E-state index >= 15 is 0 Å². The third-order valence-electron chi connectivity index (χ3n) is 7.49. The molecule has 0 spiro atoms. The van der Waals surface area contributed by atoms with Crippen molar-refractivity contribution in [1.29, 1.82) is 0 Å². The highest BCUT2D eigenvalue weighted by molar-refractivity contribution is 6.78. The minimum absolute atomic E-state index is 0.209. The molecule has 1 aliphatic heterocycles. The molecule has 3 aromatic rings. The Morgan fingerprint density at radius 1 is 0.972 bits per heavy atom. The molecule has 0 atom stereocenters. The quantitative estimate of drug-likeness (QED) is 0.296. The molecule has 0 radical (unpaired) electrons. The van der Waals surface area contributed by atoms with Gasteiger partial charge in [0.2, 0.25) is 0 Å². The van der Waals surface area contributed by atoms with Crippen molar-refractivity contribution in [3.63, 3.8) is 0 Å². The van der Waals surface area contributed by atoms with Crippen LogP contribution in [0.25, 0.3) is 16.6 Å². The molecule has 2 heterocycles. The first kappa shape index (κ1) is 25.9. The molecule has 36 heavy (non-hydrogen) atoms. The van der Waals surface area contributed by atoms with E-state index in [4.69, 9.17) is 9.16 Å². The summed E-state index contributed by atoms with van der Waals surface area (Å²) in [7, 11) is -0.837. The lowest BCUT2D eigenvalue weighted by molar-refractivity contribution is 0.0841. The number of rotatable bonds is 8. The van der Waals surface area contributed by atoms with E-state index in [0.717, 1.165) is 10.9 Å². The third kappa shape index (κ3) is 3.99. The van der Waals surface area contributed by atoms with Crippen molar-refractivity contribution in [3.8, 4) is 11.5 Å². The number of amides is 1. The summed E-state index contributed by atoms with van der Waals surface area (Å²) in [6.07, 6.45) is 1.72. The van der Waals surface area contributed by atoms with Crippen LogP contribution in [0.4, 0.5) is 4.39 Å². The van der Waals surface area contributed by atoms with Gasteiger partial charge in [-0.05, 0) is 46.5 Å². The van der Waals surface area contributed by atoms with Crippen LogP contribution in [0.15, 0.2) is 49.2 Å². The maximum absolute atomic E-state index is 14.0. The van der Waals surface area contributed by atoms with Gasteiger partial charge in [-0.25, -0.2) is 4.39 Å². The van der Waals surface area contributed by atoms with Gasteiger partial charge in [0.05, 0.1) is 24.8 Å². The van der Waals surface area contributed by atoms with Gasteiger partial charge >= 0.3 is 0 Å². The highest BCUT2D eigenvalue weighted by Crippen LogP contribution is 2.51.